The molecule has 35 heavy (non-hydrogen) atoms. The van der Waals surface area contributed by atoms with E-state index in [1.165, 1.54) is 5.56 Å². The Morgan fingerprint density at radius 3 is 2.54 bits per heavy atom. The SMILES string of the molecule is Cc1cc(OC2CCCN(C(C)c3cnc4c(c3)nc(C)n4COCC[Si](C)(C)C)C2)cc(C)n1. The lowest BCUT2D eigenvalue weighted by molar-refractivity contribution is 0.0656. The van der Waals surface area contributed by atoms with Gasteiger partial charge in [-0.05, 0) is 64.8 Å². The molecule has 0 bridgehead atoms. The van der Waals surface area contributed by atoms with Gasteiger partial charge in [0, 0.05) is 57.0 Å². The fraction of sp³-hybridized carbons (Fsp3) is 0.593. The van der Waals surface area contributed by atoms with Crippen LogP contribution in [-0.2, 0) is 11.5 Å². The molecule has 4 rings (SSSR count). The molecule has 1 aliphatic heterocycles. The van der Waals surface area contributed by atoms with Crippen LogP contribution in [0.4, 0.5) is 0 Å². The zero-order chi connectivity index (χ0) is 25.2. The topological polar surface area (TPSA) is 65.3 Å². The van der Waals surface area contributed by atoms with Crippen LogP contribution in [0.2, 0.25) is 25.7 Å². The van der Waals surface area contributed by atoms with E-state index in [-0.39, 0.29) is 12.1 Å². The number of fused-ring (bicyclic) bond motifs is 1. The number of hydrogen-bond acceptors (Lipinski definition) is 6. The number of aromatic nitrogens is 4. The second-order valence-corrected chi connectivity index (χ2v) is 16.8. The molecule has 0 aliphatic carbocycles. The second kappa shape index (κ2) is 10.8. The molecule has 1 aliphatic rings. The quantitative estimate of drug-likeness (QED) is 0.282. The molecule has 0 amide bonds. The van der Waals surface area contributed by atoms with Crippen molar-refractivity contribution < 1.29 is 9.47 Å². The fourth-order valence-corrected chi connectivity index (χ4v) is 5.50. The lowest BCUT2D eigenvalue weighted by atomic mass is 10.0. The maximum absolute atomic E-state index is 6.37. The molecule has 2 unspecified atom stereocenters. The molecule has 3 aromatic heterocycles. The molecule has 190 valence electrons. The van der Waals surface area contributed by atoms with Crippen molar-refractivity contribution in [2.24, 2.45) is 0 Å². The zero-order valence-corrected chi connectivity index (χ0v) is 23.5. The number of aryl methyl sites for hydroxylation is 3. The van der Waals surface area contributed by atoms with E-state index in [9.17, 15) is 0 Å². The summed E-state index contributed by atoms with van der Waals surface area (Å²) in [5, 5.41) is 0. The molecule has 0 N–H and O–H groups in total. The van der Waals surface area contributed by atoms with Crippen molar-refractivity contribution in [2.45, 2.75) is 85.1 Å². The van der Waals surface area contributed by atoms with E-state index in [2.05, 4.69) is 47.1 Å². The standard InChI is InChI=1S/C27H41N5O2Si/c1-19-13-25(14-20(2)29-19)34-24-9-8-10-31(17-24)21(3)23-15-26-27(28-16-23)32(22(4)30-26)18-33-11-12-35(5,6)7/h13-16,21,24H,8-12,17-18H2,1-7H3. The normalized spacial score (nSPS) is 18.2. The Balaban J connectivity index is 1.42. The number of nitrogens with zero attached hydrogens (tertiary/aromatic N) is 5. The molecule has 7 nitrogen and oxygen atoms in total. The Morgan fingerprint density at radius 1 is 1.09 bits per heavy atom. The first-order chi connectivity index (χ1) is 16.6. The van der Waals surface area contributed by atoms with Crippen LogP contribution >= 0.6 is 0 Å². The van der Waals surface area contributed by atoms with Gasteiger partial charge in [-0.25, -0.2) is 9.97 Å². The van der Waals surface area contributed by atoms with Crippen LogP contribution in [0.15, 0.2) is 24.4 Å². The minimum Gasteiger partial charge on any atom is -0.489 e. The highest BCUT2D eigenvalue weighted by Gasteiger charge is 2.26. The third-order valence-electron chi connectivity index (χ3n) is 6.81. The summed E-state index contributed by atoms with van der Waals surface area (Å²) in [5.74, 6) is 1.87. The predicted molar refractivity (Wildman–Crippen MR) is 144 cm³/mol. The highest BCUT2D eigenvalue weighted by atomic mass is 28.3. The maximum Gasteiger partial charge on any atom is 0.161 e. The largest absolute Gasteiger partial charge is 0.489 e. The number of hydrogen-bond donors (Lipinski definition) is 0. The van der Waals surface area contributed by atoms with Crippen LogP contribution in [0.3, 0.4) is 0 Å². The Morgan fingerprint density at radius 2 is 1.83 bits per heavy atom. The van der Waals surface area contributed by atoms with Gasteiger partial charge in [-0.1, -0.05) is 19.6 Å². The summed E-state index contributed by atoms with van der Waals surface area (Å²) in [5.41, 5.74) is 5.02. The molecule has 4 heterocycles. The van der Waals surface area contributed by atoms with Gasteiger partial charge in [-0.15, -0.1) is 0 Å². The molecule has 2 atom stereocenters. The van der Waals surface area contributed by atoms with Crippen LogP contribution < -0.4 is 4.74 Å². The van der Waals surface area contributed by atoms with E-state index >= 15 is 0 Å². The van der Waals surface area contributed by atoms with Gasteiger partial charge in [0.2, 0.25) is 0 Å². The lowest BCUT2D eigenvalue weighted by Crippen LogP contribution is -2.42. The Labute approximate surface area is 210 Å². The van der Waals surface area contributed by atoms with Crippen LogP contribution in [0, 0.1) is 20.8 Å². The number of ether oxygens (including phenoxy) is 2. The Bertz CT molecular complexity index is 1140. The Hall–Kier alpha value is -2.29. The van der Waals surface area contributed by atoms with Gasteiger partial charge in [0.05, 0.1) is 0 Å². The van der Waals surface area contributed by atoms with Gasteiger partial charge in [0.25, 0.3) is 0 Å². The van der Waals surface area contributed by atoms with Crippen LogP contribution in [-0.4, -0.2) is 58.3 Å². The minimum absolute atomic E-state index is 0.179. The van der Waals surface area contributed by atoms with Crippen molar-refractivity contribution >= 4 is 19.2 Å². The van der Waals surface area contributed by atoms with Crippen molar-refractivity contribution in [3.8, 4) is 5.75 Å². The van der Waals surface area contributed by atoms with Gasteiger partial charge < -0.3 is 9.47 Å². The molecule has 3 aromatic rings. The van der Waals surface area contributed by atoms with E-state index in [0.717, 1.165) is 72.7 Å². The maximum atomic E-state index is 6.37. The first kappa shape index (κ1) is 25.8. The fourth-order valence-electron chi connectivity index (χ4n) is 4.74. The van der Waals surface area contributed by atoms with Crippen molar-refractivity contribution in [1.82, 2.24) is 24.4 Å². The first-order valence-electron chi connectivity index (χ1n) is 12.9. The number of piperidine rings is 1. The van der Waals surface area contributed by atoms with Crippen LogP contribution in [0.1, 0.15) is 48.6 Å². The van der Waals surface area contributed by atoms with E-state index in [1.54, 1.807) is 0 Å². The summed E-state index contributed by atoms with van der Waals surface area (Å²) in [7, 11) is -1.10. The summed E-state index contributed by atoms with van der Waals surface area (Å²) in [6.07, 6.45) is 4.38. The molecular weight excluding hydrogens is 454 g/mol. The molecular formula is C27H41N5O2Si. The molecule has 0 spiro atoms. The molecule has 1 fully saturated rings. The summed E-state index contributed by atoms with van der Waals surface area (Å²) in [4.78, 5) is 16.6. The summed E-state index contributed by atoms with van der Waals surface area (Å²) < 4.78 is 14.4. The van der Waals surface area contributed by atoms with Gasteiger partial charge in [-0.2, -0.15) is 0 Å². The number of imidazole rings is 1. The van der Waals surface area contributed by atoms with Gasteiger partial charge >= 0.3 is 0 Å². The number of likely N-dealkylation sites (tertiary alicyclic amines) is 1. The number of pyridine rings is 2. The predicted octanol–water partition coefficient (Wildman–Crippen LogP) is 5.67. The molecule has 0 aromatic carbocycles. The molecule has 0 radical (unpaired) electrons. The van der Waals surface area contributed by atoms with Crippen LogP contribution in [0.25, 0.3) is 11.2 Å². The summed E-state index contributed by atoms with van der Waals surface area (Å²) in [6.45, 7) is 18.7. The van der Waals surface area contributed by atoms with Crippen molar-refractivity contribution in [2.75, 3.05) is 19.7 Å². The van der Waals surface area contributed by atoms with E-state index < -0.39 is 8.07 Å². The van der Waals surface area contributed by atoms with E-state index in [4.69, 9.17) is 19.4 Å². The van der Waals surface area contributed by atoms with Gasteiger partial charge in [0.15, 0.2) is 5.65 Å². The average Bonchev–Trinajstić information content (AvgIpc) is 3.09. The van der Waals surface area contributed by atoms with E-state index in [0.29, 0.717) is 6.73 Å². The highest BCUT2D eigenvalue weighted by molar-refractivity contribution is 6.76. The van der Waals surface area contributed by atoms with E-state index in [1.807, 2.05) is 39.1 Å². The van der Waals surface area contributed by atoms with Crippen molar-refractivity contribution in [3.63, 3.8) is 0 Å². The molecule has 1 saturated heterocycles. The smallest absolute Gasteiger partial charge is 0.161 e. The van der Waals surface area contributed by atoms with Crippen molar-refractivity contribution in [1.29, 1.82) is 0 Å². The summed E-state index contributed by atoms with van der Waals surface area (Å²) >= 11 is 0. The van der Waals surface area contributed by atoms with Crippen LogP contribution in [0.5, 0.6) is 5.75 Å². The average molecular weight is 496 g/mol. The first-order valence-corrected chi connectivity index (χ1v) is 16.6. The van der Waals surface area contributed by atoms with Gasteiger partial charge in [-0.3, -0.25) is 14.5 Å². The molecule has 0 saturated carbocycles. The minimum atomic E-state index is -1.10. The highest BCUT2D eigenvalue weighted by Crippen LogP contribution is 2.28. The molecule has 8 heteroatoms. The zero-order valence-electron chi connectivity index (χ0n) is 22.5. The monoisotopic (exact) mass is 495 g/mol. The van der Waals surface area contributed by atoms with Crippen molar-refractivity contribution in [3.05, 3.63) is 47.2 Å². The third kappa shape index (κ3) is 6.68. The lowest BCUT2D eigenvalue weighted by Gasteiger charge is -2.37. The summed E-state index contributed by atoms with van der Waals surface area (Å²) in [6, 6.07) is 7.66. The Kier molecular flexibility index (Phi) is 7.93. The second-order valence-electron chi connectivity index (χ2n) is 11.2. The third-order valence-corrected chi connectivity index (χ3v) is 8.52. The van der Waals surface area contributed by atoms with Gasteiger partial charge in [0.1, 0.15) is 29.9 Å². The number of rotatable bonds is 9.